The number of para-hydroxylation sites is 1. The van der Waals surface area contributed by atoms with Crippen LogP contribution >= 0.6 is 0 Å². The quantitative estimate of drug-likeness (QED) is 0.821. The number of aryl methyl sites for hydroxylation is 1. The van der Waals surface area contributed by atoms with Gasteiger partial charge in [-0.25, -0.2) is 4.79 Å². The van der Waals surface area contributed by atoms with E-state index in [2.05, 4.69) is 31.1 Å². The Labute approximate surface area is 155 Å². The molecular formula is C21H28N2O3. The number of fused-ring (bicyclic) bond motifs is 1. The van der Waals surface area contributed by atoms with Gasteiger partial charge in [0.05, 0.1) is 11.1 Å². The van der Waals surface area contributed by atoms with Crippen molar-refractivity contribution in [3.63, 3.8) is 0 Å². The first-order chi connectivity index (χ1) is 12.0. The lowest BCUT2D eigenvalue weighted by Gasteiger charge is -2.33. The van der Waals surface area contributed by atoms with Crippen molar-refractivity contribution in [3.8, 4) is 0 Å². The largest absolute Gasteiger partial charge is 0.452 e. The van der Waals surface area contributed by atoms with Crippen molar-refractivity contribution in [3.05, 3.63) is 41.6 Å². The van der Waals surface area contributed by atoms with Gasteiger partial charge in [-0.05, 0) is 44.7 Å². The predicted octanol–water partition coefficient (Wildman–Crippen LogP) is 4.03. The van der Waals surface area contributed by atoms with E-state index in [-0.39, 0.29) is 23.5 Å². The molecule has 5 nitrogen and oxygen atoms in total. The molecule has 140 valence electrons. The van der Waals surface area contributed by atoms with E-state index in [0.29, 0.717) is 5.56 Å². The Hall–Kier alpha value is -2.43. The average Bonchev–Trinajstić information content (AvgIpc) is 2.48. The molecule has 26 heavy (non-hydrogen) atoms. The molecule has 2 rings (SSSR count). The highest BCUT2D eigenvalue weighted by Crippen LogP contribution is 2.26. The van der Waals surface area contributed by atoms with Crippen LogP contribution in [0.2, 0.25) is 0 Å². The van der Waals surface area contributed by atoms with Gasteiger partial charge in [0.15, 0.2) is 6.61 Å². The summed E-state index contributed by atoms with van der Waals surface area (Å²) in [6.07, 6.45) is 0.813. The van der Waals surface area contributed by atoms with Crippen LogP contribution in [0.5, 0.6) is 0 Å². The van der Waals surface area contributed by atoms with Crippen LogP contribution in [0.15, 0.2) is 30.3 Å². The van der Waals surface area contributed by atoms with Crippen molar-refractivity contribution in [2.75, 3.05) is 6.61 Å². The highest BCUT2D eigenvalue weighted by Gasteiger charge is 2.27. The molecule has 0 atom stereocenters. The molecule has 5 heteroatoms. The Balaban J connectivity index is 2.04. The Bertz CT molecular complexity index is 820. The van der Waals surface area contributed by atoms with Crippen molar-refractivity contribution in [1.82, 2.24) is 10.3 Å². The van der Waals surface area contributed by atoms with Crippen LogP contribution in [-0.4, -0.2) is 29.0 Å². The van der Waals surface area contributed by atoms with E-state index in [1.165, 1.54) is 0 Å². The molecule has 1 heterocycles. The number of nitrogens with one attached hydrogen (secondary N) is 1. The number of ether oxygens (including phenoxy) is 1. The van der Waals surface area contributed by atoms with Gasteiger partial charge in [0, 0.05) is 16.6 Å². The van der Waals surface area contributed by atoms with Crippen LogP contribution in [0.4, 0.5) is 0 Å². The van der Waals surface area contributed by atoms with Crippen molar-refractivity contribution < 1.29 is 14.3 Å². The molecular weight excluding hydrogens is 328 g/mol. The number of carbonyl (C=O) groups is 2. The summed E-state index contributed by atoms with van der Waals surface area (Å²) in [6.45, 7) is 11.8. The van der Waals surface area contributed by atoms with Crippen LogP contribution in [-0.2, 0) is 9.53 Å². The zero-order valence-corrected chi connectivity index (χ0v) is 16.5. The molecule has 0 aliphatic carbocycles. The second-order valence-corrected chi connectivity index (χ2v) is 8.57. The van der Waals surface area contributed by atoms with Crippen LogP contribution in [0, 0.1) is 12.3 Å². The summed E-state index contributed by atoms with van der Waals surface area (Å²) in [6, 6.07) is 9.07. The minimum absolute atomic E-state index is 0.0843. The van der Waals surface area contributed by atoms with E-state index < -0.39 is 5.97 Å². The van der Waals surface area contributed by atoms with Gasteiger partial charge in [-0.15, -0.1) is 0 Å². The molecule has 0 bridgehead atoms. The zero-order valence-electron chi connectivity index (χ0n) is 16.5. The SMILES string of the molecule is Cc1cc(C(=O)OCC(=O)NC(C)(C)CC(C)(C)C)c2ccccc2n1. The highest BCUT2D eigenvalue weighted by molar-refractivity contribution is 6.04. The lowest BCUT2D eigenvalue weighted by atomic mass is 9.82. The summed E-state index contributed by atoms with van der Waals surface area (Å²) in [5.74, 6) is -0.821. The van der Waals surface area contributed by atoms with Gasteiger partial charge < -0.3 is 10.1 Å². The summed E-state index contributed by atoms with van der Waals surface area (Å²) in [4.78, 5) is 29.1. The maximum absolute atomic E-state index is 12.5. The molecule has 1 aromatic carbocycles. The van der Waals surface area contributed by atoms with Crippen LogP contribution in [0.3, 0.4) is 0 Å². The van der Waals surface area contributed by atoms with Gasteiger partial charge in [-0.1, -0.05) is 39.0 Å². The monoisotopic (exact) mass is 356 g/mol. The van der Waals surface area contributed by atoms with E-state index in [1.54, 1.807) is 6.07 Å². The number of amides is 1. The second-order valence-electron chi connectivity index (χ2n) is 8.57. The number of hydrogen-bond acceptors (Lipinski definition) is 4. The van der Waals surface area contributed by atoms with E-state index in [1.807, 2.05) is 45.0 Å². The standard InChI is InChI=1S/C21H28N2O3/c1-14-11-16(15-9-7-8-10-17(15)22-14)19(25)26-12-18(24)23-21(5,6)13-20(2,3)4/h7-11H,12-13H2,1-6H3,(H,23,24). The van der Waals surface area contributed by atoms with Crippen molar-refractivity contribution in [1.29, 1.82) is 0 Å². The first-order valence-electron chi connectivity index (χ1n) is 8.81. The van der Waals surface area contributed by atoms with E-state index in [4.69, 9.17) is 4.74 Å². The van der Waals surface area contributed by atoms with Crippen molar-refractivity contribution in [2.45, 2.75) is 53.5 Å². The summed E-state index contributed by atoms with van der Waals surface area (Å²) in [7, 11) is 0. The van der Waals surface area contributed by atoms with Gasteiger partial charge in [0.1, 0.15) is 0 Å². The number of rotatable bonds is 5. The van der Waals surface area contributed by atoms with Crippen LogP contribution in [0.1, 0.15) is 57.1 Å². The Morgan fingerprint density at radius 3 is 2.42 bits per heavy atom. The molecule has 0 aliphatic heterocycles. The molecule has 1 aromatic heterocycles. The average molecular weight is 356 g/mol. The Morgan fingerprint density at radius 1 is 1.12 bits per heavy atom. The minimum atomic E-state index is -0.518. The fourth-order valence-electron chi connectivity index (χ4n) is 3.47. The third-order valence-corrected chi connectivity index (χ3v) is 3.85. The van der Waals surface area contributed by atoms with E-state index >= 15 is 0 Å². The van der Waals surface area contributed by atoms with Gasteiger partial charge in [-0.3, -0.25) is 9.78 Å². The molecule has 0 fully saturated rings. The number of nitrogens with zero attached hydrogens (tertiary/aromatic N) is 1. The van der Waals surface area contributed by atoms with E-state index in [9.17, 15) is 9.59 Å². The summed E-state index contributed by atoms with van der Waals surface area (Å²) in [5.41, 5.74) is 1.60. The highest BCUT2D eigenvalue weighted by atomic mass is 16.5. The summed E-state index contributed by atoms with van der Waals surface area (Å²) >= 11 is 0. The lowest BCUT2D eigenvalue weighted by molar-refractivity contribution is -0.126. The fraction of sp³-hybridized carbons (Fsp3) is 0.476. The first-order valence-corrected chi connectivity index (χ1v) is 8.81. The predicted molar refractivity (Wildman–Crippen MR) is 103 cm³/mol. The number of pyridine rings is 1. The normalized spacial score (nSPS) is 12.1. The van der Waals surface area contributed by atoms with Crippen molar-refractivity contribution in [2.24, 2.45) is 5.41 Å². The number of aromatic nitrogens is 1. The summed E-state index contributed by atoms with van der Waals surface area (Å²) in [5, 5.41) is 3.66. The van der Waals surface area contributed by atoms with Gasteiger partial charge >= 0.3 is 5.97 Å². The Morgan fingerprint density at radius 2 is 1.77 bits per heavy atom. The topological polar surface area (TPSA) is 68.3 Å². The van der Waals surface area contributed by atoms with Gasteiger partial charge in [-0.2, -0.15) is 0 Å². The number of benzene rings is 1. The molecule has 0 aliphatic rings. The molecule has 0 spiro atoms. The third kappa shape index (κ3) is 5.55. The maximum Gasteiger partial charge on any atom is 0.339 e. The maximum atomic E-state index is 12.5. The summed E-state index contributed by atoms with van der Waals surface area (Å²) < 4.78 is 5.25. The molecule has 2 aromatic rings. The first kappa shape index (κ1) is 19.9. The molecule has 0 unspecified atom stereocenters. The smallest absolute Gasteiger partial charge is 0.339 e. The van der Waals surface area contributed by atoms with Crippen LogP contribution in [0.25, 0.3) is 10.9 Å². The second kappa shape index (κ2) is 7.44. The number of esters is 1. The number of carbonyl (C=O) groups excluding carboxylic acids is 2. The lowest BCUT2D eigenvalue weighted by Crippen LogP contribution is -2.47. The van der Waals surface area contributed by atoms with Gasteiger partial charge in [0.2, 0.25) is 0 Å². The van der Waals surface area contributed by atoms with E-state index in [0.717, 1.165) is 23.0 Å². The van der Waals surface area contributed by atoms with Crippen molar-refractivity contribution >= 4 is 22.8 Å². The molecule has 1 amide bonds. The molecule has 0 radical (unpaired) electrons. The molecule has 0 saturated carbocycles. The van der Waals surface area contributed by atoms with Gasteiger partial charge in [0.25, 0.3) is 5.91 Å². The zero-order chi connectivity index (χ0) is 19.5. The number of hydrogen-bond donors (Lipinski definition) is 1. The minimum Gasteiger partial charge on any atom is -0.452 e. The Kier molecular flexibility index (Phi) is 5.69. The third-order valence-electron chi connectivity index (χ3n) is 3.85. The van der Waals surface area contributed by atoms with Crippen LogP contribution < -0.4 is 5.32 Å². The fourth-order valence-corrected chi connectivity index (χ4v) is 3.47. The molecule has 1 N–H and O–H groups in total. The molecule has 0 saturated heterocycles.